The van der Waals surface area contributed by atoms with E-state index < -0.39 is 0 Å². The number of H-pyrrole nitrogens is 1. The molecule has 3 aromatic heterocycles. The summed E-state index contributed by atoms with van der Waals surface area (Å²) in [4.78, 5) is 36.0. The van der Waals surface area contributed by atoms with Crippen molar-refractivity contribution < 1.29 is 9.59 Å². The second kappa shape index (κ2) is 9.97. The SMILES string of the molecule is Cc1[nH]c2ccccc2c1CC(=O)N1CCc2c(c(C(=O)NCc3cccnc3)nn2CC(C)C)C1. The number of nitrogens with zero attached hydrogens (tertiary/aromatic N) is 4. The minimum atomic E-state index is -0.223. The van der Waals surface area contributed by atoms with E-state index in [4.69, 9.17) is 5.10 Å². The van der Waals surface area contributed by atoms with Gasteiger partial charge in [-0.15, -0.1) is 0 Å². The molecule has 0 aliphatic carbocycles. The summed E-state index contributed by atoms with van der Waals surface area (Å²) in [5.41, 5.74) is 6.34. The number of aromatic amines is 1. The van der Waals surface area contributed by atoms with Gasteiger partial charge in [-0.3, -0.25) is 19.3 Å². The van der Waals surface area contributed by atoms with Gasteiger partial charge in [-0.25, -0.2) is 0 Å². The summed E-state index contributed by atoms with van der Waals surface area (Å²) in [6.45, 7) is 8.41. The number of amides is 2. The zero-order valence-corrected chi connectivity index (χ0v) is 21.0. The van der Waals surface area contributed by atoms with Crippen LogP contribution in [-0.4, -0.2) is 43.0 Å². The van der Waals surface area contributed by atoms with Crippen LogP contribution in [0.4, 0.5) is 0 Å². The fourth-order valence-corrected chi connectivity index (χ4v) is 4.98. The van der Waals surface area contributed by atoms with Crippen LogP contribution < -0.4 is 5.32 Å². The monoisotopic (exact) mass is 484 g/mol. The van der Waals surface area contributed by atoms with E-state index in [0.29, 0.717) is 44.1 Å². The van der Waals surface area contributed by atoms with Gasteiger partial charge in [-0.1, -0.05) is 38.1 Å². The molecule has 1 aliphatic rings. The molecule has 0 bridgehead atoms. The molecule has 0 unspecified atom stereocenters. The molecule has 5 rings (SSSR count). The third-order valence-corrected chi connectivity index (χ3v) is 6.77. The summed E-state index contributed by atoms with van der Waals surface area (Å²) in [5, 5.41) is 8.78. The minimum absolute atomic E-state index is 0.0619. The molecule has 1 aromatic carbocycles. The molecule has 2 amide bonds. The maximum absolute atomic E-state index is 13.4. The molecule has 36 heavy (non-hydrogen) atoms. The third-order valence-electron chi connectivity index (χ3n) is 6.77. The van der Waals surface area contributed by atoms with Gasteiger partial charge in [-0.2, -0.15) is 5.10 Å². The predicted octanol–water partition coefficient (Wildman–Crippen LogP) is 3.78. The smallest absolute Gasteiger partial charge is 0.272 e. The number of rotatable bonds is 7. The van der Waals surface area contributed by atoms with E-state index in [1.165, 1.54) is 0 Å². The van der Waals surface area contributed by atoms with Crippen LogP contribution in [0.15, 0.2) is 48.8 Å². The van der Waals surface area contributed by atoms with Crippen molar-refractivity contribution in [1.82, 2.24) is 30.0 Å². The standard InChI is InChI=1S/C28H32N6O2/c1-18(2)16-34-25-10-12-33(26(35)13-22-19(3)31-24-9-5-4-8-21(22)24)17-23(25)27(32-34)28(36)30-15-20-7-6-11-29-14-20/h4-9,11,14,18,31H,10,12-13,15-17H2,1-3H3,(H,30,36). The highest BCUT2D eigenvalue weighted by atomic mass is 16.2. The number of carbonyl (C=O) groups excluding carboxylic acids is 2. The van der Waals surface area contributed by atoms with Crippen molar-refractivity contribution in [2.75, 3.05) is 6.54 Å². The summed E-state index contributed by atoms with van der Waals surface area (Å²) in [6, 6.07) is 11.8. The van der Waals surface area contributed by atoms with E-state index in [2.05, 4.69) is 35.2 Å². The number of hydrogen-bond donors (Lipinski definition) is 2. The lowest BCUT2D eigenvalue weighted by Crippen LogP contribution is -2.38. The van der Waals surface area contributed by atoms with Crippen LogP contribution in [0.2, 0.25) is 0 Å². The third kappa shape index (κ3) is 4.76. The van der Waals surface area contributed by atoms with Crippen LogP contribution in [0, 0.1) is 12.8 Å². The van der Waals surface area contributed by atoms with Crippen LogP contribution in [0.5, 0.6) is 0 Å². The molecule has 8 heteroatoms. The van der Waals surface area contributed by atoms with Gasteiger partial charge in [0.2, 0.25) is 5.91 Å². The van der Waals surface area contributed by atoms with E-state index >= 15 is 0 Å². The summed E-state index contributed by atoms with van der Waals surface area (Å²) < 4.78 is 1.96. The Labute approximate surface area is 210 Å². The van der Waals surface area contributed by atoms with Crippen LogP contribution in [0.3, 0.4) is 0 Å². The fraction of sp³-hybridized carbons (Fsp3) is 0.357. The zero-order valence-electron chi connectivity index (χ0n) is 21.0. The molecule has 0 saturated carbocycles. The maximum Gasteiger partial charge on any atom is 0.272 e. The van der Waals surface area contributed by atoms with Crippen molar-refractivity contribution in [2.24, 2.45) is 5.92 Å². The number of benzene rings is 1. The normalized spacial score (nSPS) is 13.3. The fourth-order valence-electron chi connectivity index (χ4n) is 4.98. The molecule has 4 heterocycles. The maximum atomic E-state index is 13.4. The van der Waals surface area contributed by atoms with E-state index in [-0.39, 0.29) is 11.8 Å². The Bertz CT molecular complexity index is 1400. The molecule has 0 radical (unpaired) electrons. The van der Waals surface area contributed by atoms with E-state index in [0.717, 1.165) is 45.5 Å². The molecule has 0 fully saturated rings. The van der Waals surface area contributed by atoms with Gasteiger partial charge >= 0.3 is 0 Å². The first-order chi connectivity index (χ1) is 17.4. The Kier molecular flexibility index (Phi) is 6.59. The largest absolute Gasteiger partial charge is 0.358 e. The highest BCUT2D eigenvalue weighted by Crippen LogP contribution is 2.27. The van der Waals surface area contributed by atoms with Crippen molar-refractivity contribution in [3.05, 3.63) is 82.6 Å². The number of nitrogens with one attached hydrogen (secondary N) is 2. The molecule has 8 nitrogen and oxygen atoms in total. The first-order valence-electron chi connectivity index (χ1n) is 12.5. The molecule has 2 N–H and O–H groups in total. The van der Waals surface area contributed by atoms with Crippen LogP contribution in [-0.2, 0) is 37.3 Å². The molecule has 0 saturated heterocycles. The van der Waals surface area contributed by atoms with Crippen LogP contribution in [0.1, 0.15) is 52.4 Å². The van der Waals surface area contributed by atoms with Gasteiger partial charge in [0.15, 0.2) is 5.69 Å². The van der Waals surface area contributed by atoms with Crippen LogP contribution in [0.25, 0.3) is 10.9 Å². The van der Waals surface area contributed by atoms with E-state index in [9.17, 15) is 9.59 Å². The Morgan fingerprint density at radius 2 is 2.00 bits per heavy atom. The van der Waals surface area contributed by atoms with Crippen molar-refractivity contribution >= 4 is 22.7 Å². The number of carbonyl (C=O) groups is 2. The van der Waals surface area contributed by atoms with Gasteiger partial charge in [0, 0.05) is 72.8 Å². The molecule has 0 spiro atoms. The van der Waals surface area contributed by atoms with E-state index in [1.54, 1.807) is 12.4 Å². The summed E-state index contributed by atoms with van der Waals surface area (Å²) in [7, 11) is 0. The number of hydrogen-bond acceptors (Lipinski definition) is 4. The average molecular weight is 485 g/mol. The van der Waals surface area contributed by atoms with Gasteiger partial charge in [-0.05, 0) is 36.1 Å². The molecule has 0 atom stereocenters. The summed E-state index contributed by atoms with van der Waals surface area (Å²) in [6.07, 6.45) is 4.45. The van der Waals surface area contributed by atoms with Gasteiger partial charge in [0.05, 0.1) is 6.42 Å². The predicted molar refractivity (Wildman–Crippen MR) is 138 cm³/mol. The molecule has 4 aromatic rings. The first kappa shape index (κ1) is 23.8. The van der Waals surface area contributed by atoms with E-state index in [1.807, 2.05) is 46.8 Å². The molecule has 186 valence electrons. The second-order valence-electron chi connectivity index (χ2n) is 9.91. The van der Waals surface area contributed by atoms with Crippen molar-refractivity contribution in [3.63, 3.8) is 0 Å². The lowest BCUT2D eigenvalue weighted by atomic mass is 10.0. The minimum Gasteiger partial charge on any atom is -0.358 e. The Balaban J connectivity index is 1.37. The lowest BCUT2D eigenvalue weighted by Gasteiger charge is -2.28. The number of para-hydroxylation sites is 1. The average Bonchev–Trinajstić information content (AvgIpc) is 3.39. The van der Waals surface area contributed by atoms with Crippen LogP contribution >= 0.6 is 0 Å². The highest BCUT2D eigenvalue weighted by molar-refractivity contribution is 5.94. The van der Waals surface area contributed by atoms with Gasteiger partial charge in [0.25, 0.3) is 5.91 Å². The molecule has 1 aliphatic heterocycles. The zero-order chi connectivity index (χ0) is 25.2. The lowest BCUT2D eigenvalue weighted by molar-refractivity contribution is -0.131. The van der Waals surface area contributed by atoms with Crippen molar-refractivity contribution in [3.8, 4) is 0 Å². The number of aryl methyl sites for hydroxylation is 1. The second-order valence-corrected chi connectivity index (χ2v) is 9.91. The number of aromatic nitrogens is 4. The van der Waals surface area contributed by atoms with Crippen molar-refractivity contribution in [2.45, 2.75) is 53.2 Å². The van der Waals surface area contributed by atoms with Crippen molar-refractivity contribution in [1.29, 1.82) is 0 Å². The first-order valence-corrected chi connectivity index (χ1v) is 12.5. The number of fused-ring (bicyclic) bond motifs is 2. The topological polar surface area (TPSA) is 95.9 Å². The Morgan fingerprint density at radius 3 is 2.78 bits per heavy atom. The highest BCUT2D eigenvalue weighted by Gasteiger charge is 2.30. The quantitative estimate of drug-likeness (QED) is 0.417. The number of pyridine rings is 1. The summed E-state index contributed by atoms with van der Waals surface area (Å²) in [5.74, 6) is 0.232. The Hall–Kier alpha value is -3.94. The molecular formula is C28H32N6O2. The summed E-state index contributed by atoms with van der Waals surface area (Å²) >= 11 is 0. The molecular weight excluding hydrogens is 452 g/mol. The van der Waals surface area contributed by atoms with Gasteiger partial charge in [0.1, 0.15) is 0 Å². The Morgan fingerprint density at radius 1 is 1.17 bits per heavy atom. The van der Waals surface area contributed by atoms with Gasteiger partial charge < -0.3 is 15.2 Å².